The Hall–Kier alpha value is -5.17. The van der Waals surface area contributed by atoms with E-state index in [-0.39, 0.29) is 0 Å². The third-order valence-electron chi connectivity index (χ3n) is 8.49. The number of rotatable bonds is 2. The molecule has 6 heteroatoms. The second-order valence-electron chi connectivity index (χ2n) is 10.8. The minimum absolute atomic E-state index is 0.671. The summed E-state index contributed by atoms with van der Waals surface area (Å²) in [5, 5.41) is 8.66. The second kappa shape index (κ2) is 8.67. The molecule has 0 N–H and O–H groups in total. The first-order chi connectivity index (χ1) is 21.3. The molecule has 0 amide bonds. The summed E-state index contributed by atoms with van der Waals surface area (Å²) in [6.07, 6.45) is 3.71. The lowest BCUT2D eigenvalue weighted by atomic mass is 10.00. The van der Waals surface area contributed by atoms with Gasteiger partial charge in [-0.25, -0.2) is 9.97 Å². The van der Waals surface area contributed by atoms with E-state index in [0.717, 1.165) is 37.9 Å². The molecule has 5 aromatic heterocycles. The van der Waals surface area contributed by atoms with Gasteiger partial charge in [-0.2, -0.15) is 0 Å². The number of para-hydroxylation sites is 1. The Morgan fingerprint density at radius 1 is 0.535 bits per heavy atom. The molecule has 0 unspecified atom stereocenters. The topological polar surface area (TPSA) is 43.6 Å². The van der Waals surface area contributed by atoms with Crippen molar-refractivity contribution >= 4 is 95.7 Å². The Morgan fingerprint density at radius 3 is 2.02 bits per heavy atom. The van der Waals surface area contributed by atoms with Crippen molar-refractivity contribution in [2.24, 2.45) is 0 Å². The maximum atomic E-state index is 5.37. The minimum Gasteiger partial charge on any atom is -0.277 e. The van der Waals surface area contributed by atoms with Crippen molar-refractivity contribution in [1.82, 2.24) is 19.5 Å². The van der Waals surface area contributed by atoms with Gasteiger partial charge < -0.3 is 0 Å². The van der Waals surface area contributed by atoms with E-state index in [2.05, 4.69) is 113 Å². The lowest BCUT2D eigenvalue weighted by Crippen LogP contribution is -2.03. The van der Waals surface area contributed by atoms with E-state index < -0.39 is 0 Å². The van der Waals surface area contributed by atoms with Gasteiger partial charge in [-0.1, -0.05) is 78.9 Å². The zero-order chi connectivity index (χ0) is 28.1. The lowest BCUT2D eigenvalue weighted by molar-refractivity contribution is 1.02. The molecule has 10 aromatic rings. The van der Waals surface area contributed by atoms with Crippen LogP contribution in [-0.4, -0.2) is 19.5 Å². The quantitative estimate of drug-likeness (QED) is 0.203. The van der Waals surface area contributed by atoms with Crippen LogP contribution in [0.4, 0.5) is 0 Å². The Balaban J connectivity index is 1.46. The van der Waals surface area contributed by atoms with Gasteiger partial charge in [0, 0.05) is 69.8 Å². The van der Waals surface area contributed by atoms with Gasteiger partial charge in [0.2, 0.25) is 5.95 Å². The van der Waals surface area contributed by atoms with Crippen LogP contribution in [0, 0.1) is 0 Å². The van der Waals surface area contributed by atoms with Gasteiger partial charge in [0.25, 0.3) is 0 Å². The van der Waals surface area contributed by atoms with Crippen LogP contribution in [-0.2, 0) is 0 Å². The summed E-state index contributed by atoms with van der Waals surface area (Å²) in [5.74, 6) is 0.671. The average Bonchev–Trinajstić information content (AvgIpc) is 3.75. The van der Waals surface area contributed by atoms with Crippen molar-refractivity contribution in [3.05, 3.63) is 122 Å². The third kappa shape index (κ3) is 3.16. The zero-order valence-electron chi connectivity index (χ0n) is 22.7. The normalized spacial score (nSPS) is 12.2. The van der Waals surface area contributed by atoms with E-state index in [1.165, 1.54) is 46.4 Å². The summed E-state index contributed by atoms with van der Waals surface area (Å²) >= 11 is 3.62. The molecule has 0 aliphatic rings. The number of hydrogen-bond donors (Lipinski definition) is 0. The Kier molecular flexibility index (Phi) is 4.72. The van der Waals surface area contributed by atoms with Crippen molar-refractivity contribution in [2.45, 2.75) is 0 Å². The third-order valence-corrected chi connectivity index (χ3v) is 10.9. The highest BCUT2D eigenvalue weighted by Gasteiger charge is 2.24. The fraction of sp³-hybridized carbons (Fsp3) is 0. The molecule has 43 heavy (non-hydrogen) atoms. The summed E-state index contributed by atoms with van der Waals surface area (Å²) in [7, 11) is 0. The van der Waals surface area contributed by atoms with Crippen LogP contribution in [0.5, 0.6) is 0 Å². The molecule has 0 bridgehead atoms. The van der Waals surface area contributed by atoms with Crippen molar-refractivity contribution in [1.29, 1.82) is 0 Å². The highest BCUT2D eigenvalue weighted by atomic mass is 32.1. The Morgan fingerprint density at radius 2 is 1.21 bits per heavy atom. The van der Waals surface area contributed by atoms with Gasteiger partial charge in [-0.15, -0.1) is 22.7 Å². The van der Waals surface area contributed by atoms with Crippen molar-refractivity contribution in [3.63, 3.8) is 0 Å². The minimum atomic E-state index is 0.671. The monoisotopic (exact) mass is 584 g/mol. The van der Waals surface area contributed by atoms with Gasteiger partial charge in [-0.05, 0) is 30.3 Å². The van der Waals surface area contributed by atoms with Crippen molar-refractivity contribution < 1.29 is 0 Å². The average molecular weight is 585 g/mol. The molecule has 0 spiro atoms. The largest absolute Gasteiger partial charge is 0.277 e. The SMILES string of the molecule is c1cncc(-c2nc(-n3c4ccccc4c4c5c6ccccc6sc5c5ccccc5c43)nc3c2sc2ccccc23)c1. The number of aromatic nitrogens is 4. The molecule has 10 rings (SSSR count). The predicted octanol–water partition coefficient (Wildman–Crippen LogP) is 10.5. The molecular formula is C37H20N4S2. The number of benzene rings is 5. The van der Waals surface area contributed by atoms with Gasteiger partial charge >= 0.3 is 0 Å². The fourth-order valence-electron chi connectivity index (χ4n) is 6.70. The Bertz CT molecular complexity index is 2730. The lowest BCUT2D eigenvalue weighted by Gasteiger charge is -2.11. The first-order valence-corrected chi connectivity index (χ1v) is 15.8. The molecule has 0 saturated heterocycles. The molecule has 0 aliphatic heterocycles. The molecule has 4 nitrogen and oxygen atoms in total. The summed E-state index contributed by atoms with van der Waals surface area (Å²) in [4.78, 5) is 15.2. The standard InChI is InChI=1S/C37H20N4S2/c1-2-12-23-22(11-1)34-30(31-25-14-4-7-17-28(25)42-35(23)31)24-13-3-6-16-27(24)41(34)37-39-32(21-10-9-19-38-20-21)36-33(40-37)26-15-5-8-18-29(26)43-36/h1-20H. The van der Waals surface area contributed by atoms with Gasteiger partial charge in [0.05, 0.1) is 26.9 Å². The Labute approximate surface area is 253 Å². The first kappa shape index (κ1) is 23.4. The molecule has 5 aromatic carbocycles. The molecule has 0 radical (unpaired) electrons. The van der Waals surface area contributed by atoms with Crippen LogP contribution in [0.25, 0.3) is 90.3 Å². The van der Waals surface area contributed by atoms with E-state index in [0.29, 0.717) is 5.95 Å². The number of pyridine rings is 1. The summed E-state index contributed by atoms with van der Waals surface area (Å²) in [6, 6.07) is 38.8. The van der Waals surface area contributed by atoms with Crippen molar-refractivity contribution in [3.8, 4) is 17.2 Å². The molecule has 0 aliphatic carbocycles. The smallest absolute Gasteiger partial charge is 0.235 e. The van der Waals surface area contributed by atoms with Crippen LogP contribution in [0.1, 0.15) is 0 Å². The van der Waals surface area contributed by atoms with Crippen LogP contribution < -0.4 is 0 Å². The van der Waals surface area contributed by atoms with E-state index in [1.54, 1.807) is 11.3 Å². The first-order valence-electron chi connectivity index (χ1n) is 14.2. The van der Waals surface area contributed by atoms with Gasteiger partial charge in [0.15, 0.2) is 0 Å². The van der Waals surface area contributed by atoms with E-state index in [9.17, 15) is 0 Å². The van der Waals surface area contributed by atoms with E-state index in [4.69, 9.17) is 9.97 Å². The van der Waals surface area contributed by atoms with Gasteiger partial charge in [-0.3, -0.25) is 9.55 Å². The van der Waals surface area contributed by atoms with E-state index >= 15 is 0 Å². The number of fused-ring (bicyclic) bond motifs is 13. The number of nitrogens with zero attached hydrogens (tertiary/aromatic N) is 4. The van der Waals surface area contributed by atoms with Gasteiger partial charge in [0.1, 0.15) is 0 Å². The molecule has 0 atom stereocenters. The number of thiophene rings is 2. The summed E-state index contributed by atoms with van der Waals surface area (Å²) < 4.78 is 7.20. The maximum absolute atomic E-state index is 5.37. The predicted molar refractivity (Wildman–Crippen MR) is 183 cm³/mol. The van der Waals surface area contributed by atoms with Crippen LogP contribution in [0.2, 0.25) is 0 Å². The van der Waals surface area contributed by atoms with Crippen LogP contribution >= 0.6 is 22.7 Å². The number of hydrogen-bond acceptors (Lipinski definition) is 5. The van der Waals surface area contributed by atoms with Crippen LogP contribution in [0.15, 0.2) is 122 Å². The molecular weight excluding hydrogens is 565 g/mol. The summed E-state index contributed by atoms with van der Waals surface area (Å²) in [5.41, 5.74) is 5.11. The van der Waals surface area contributed by atoms with Crippen molar-refractivity contribution in [2.75, 3.05) is 0 Å². The fourth-order valence-corrected chi connectivity index (χ4v) is 9.11. The maximum Gasteiger partial charge on any atom is 0.235 e. The molecule has 5 heterocycles. The highest BCUT2D eigenvalue weighted by molar-refractivity contribution is 7.27. The molecule has 0 fully saturated rings. The zero-order valence-corrected chi connectivity index (χ0v) is 24.3. The van der Waals surface area contributed by atoms with Crippen LogP contribution in [0.3, 0.4) is 0 Å². The van der Waals surface area contributed by atoms with E-state index in [1.807, 2.05) is 29.8 Å². The molecule has 200 valence electrons. The molecule has 0 saturated carbocycles. The second-order valence-corrected chi connectivity index (χ2v) is 12.9. The highest BCUT2D eigenvalue weighted by Crippen LogP contribution is 2.48. The summed E-state index contributed by atoms with van der Waals surface area (Å²) in [6.45, 7) is 0.